The summed E-state index contributed by atoms with van der Waals surface area (Å²) in [5.74, 6) is 1.56. The molecule has 0 unspecified atom stereocenters. The predicted octanol–water partition coefficient (Wildman–Crippen LogP) is 9.95. The third kappa shape index (κ3) is 7.44. The molecule has 0 aliphatic heterocycles. The molecule has 2 aromatic rings. The molecule has 1 aromatic carbocycles. The lowest BCUT2D eigenvalue weighted by Crippen LogP contribution is -2.49. The lowest BCUT2D eigenvalue weighted by atomic mass is 9.51. The molecule has 43 heavy (non-hydrogen) atoms. The number of aryl methyl sites for hydroxylation is 2. The van der Waals surface area contributed by atoms with E-state index in [1.54, 1.807) is 11.8 Å². The highest BCUT2D eigenvalue weighted by molar-refractivity contribution is 6.09. The van der Waals surface area contributed by atoms with Crippen LogP contribution in [0.2, 0.25) is 0 Å². The number of benzene rings is 1. The van der Waals surface area contributed by atoms with Gasteiger partial charge in [-0.1, -0.05) is 64.8 Å². The van der Waals surface area contributed by atoms with Gasteiger partial charge in [-0.15, -0.1) is 0 Å². The minimum absolute atomic E-state index is 0.228. The summed E-state index contributed by atoms with van der Waals surface area (Å²) >= 11 is 0. The van der Waals surface area contributed by atoms with E-state index in [4.69, 9.17) is 17.3 Å². The third-order valence-electron chi connectivity index (χ3n) is 10.7. The van der Waals surface area contributed by atoms with E-state index in [1.807, 2.05) is 26.3 Å². The van der Waals surface area contributed by atoms with E-state index in [-0.39, 0.29) is 6.04 Å². The molecule has 4 nitrogen and oxygen atoms in total. The summed E-state index contributed by atoms with van der Waals surface area (Å²) in [5.41, 5.74) is 14.6. The van der Waals surface area contributed by atoms with Crippen LogP contribution in [-0.4, -0.2) is 23.8 Å². The van der Waals surface area contributed by atoms with Crippen molar-refractivity contribution in [1.29, 1.82) is 0 Å². The summed E-state index contributed by atoms with van der Waals surface area (Å²) < 4.78 is 0. The van der Waals surface area contributed by atoms with E-state index in [9.17, 15) is 0 Å². The Labute approximate surface area is 263 Å². The first-order valence-corrected chi connectivity index (χ1v) is 17.3. The maximum absolute atomic E-state index is 6.07. The zero-order valence-electron chi connectivity index (χ0n) is 28.1. The van der Waals surface area contributed by atoms with E-state index < -0.39 is 0 Å². The second-order valence-electron chi connectivity index (χ2n) is 13.6. The fraction of sp³-hybridized carbons (Fsp3) is 0.590. The Kier molecular flexibility index (Phi) is 11.3. The monoisotopic (exact) mass is 582 g/mol. The van der Waals surface area contributed by atoms with Gasteiger partial charge in [-0.2, -0.15) is 0 Å². The number of aliphatic imine (C=N–C) groups is 1. The van der Waals surface area contributed by atoms with Crippen LogP contribution < -0.4 is 10.6 Å². The number of hydrogen-bond acceptors (Lipinski definition) is 4. The molecule has 1 heterocycles. The molecular formula is C39H58N4. The van der Waals surface area contributed by atoms with Crippen molar-refractivity contribution in [2.75, 3.05) is 11.4 Å². The quantitative estimate of drug-likeness (QED) is 0.284. The van der Waals surface area contributed by atoms with Gasteiger partial charge in [-0.3, -0.25) is 4.99 Å². The van der Waals surface area contributed by atoms with Crippen molar-refractivity contribution in [1.82, 2.24) is 4.98 Å². The van der Waals surface area contributed by atoms with Crippen molar-refractivity contribution in [2.24, 2.45) is 22.1 Å². The molecule has 4 aliphatic carbocycles. The first kappa shape index (κ1) is 33.0. The molecule has 6 rings (SSSR count). The van der Waals surface area contributed by atoms with E-state index in [2.05, 4.69) is 67.9 Å². The molecule has 0 saturated heterocycles. The van der Waals surface area contributed by atoms with Crippen LogP contribution in [0.25, 0.3) is 5.57 Å². The van der Waals surface area contributed by atoms with E-state index in [1.165, 1.54) is 87.5 Å². The van der Waals surface area contributed by atoms with Gasteiger partial charge in [0.25, 0.3) is 0 Å². The first-order chi connectivity index (χ1) is 20.8. The lowest BCUT2D eigenvalue weighted by molar-refractivity contribution is 0.0459. The molecular weight excluding hydrogens is 524 g/mol. The summed E-state index contributed by atoms with van der Waals surface area (Å²) in [5, 5.41) is 0. The maximum atomic E-state index is 6.07. The molecule has 4 aliphatic rings. The molecule has 4 heteroatoms. The Morgan fingerprint density at radius 3 is 2.30 bits per heavy atom. The van der Waals surface area contributed by atoms with Crippen molar-refractivity contribution >= 4 is 17.6 Å². The van der Waals surface area contributed by atoms with Crippen LogP contribution >= 0.6 is 0 Å². The highest BCUT2D eigenvalue weighted by Crippen LogP contribution is 2.58. The summed E-state index contributed by atoms with van der Waals surface area (Å²) in [6.45, 7) is 18.5. The van der Waals surface area contributed by atoms with Gasteiger partial charge in [0.15, 0.2) is 0 Å². The van der Waals surface area contributed by atoms with Crippen LogP contribution in [0.3, 0.4) is 0 Å². The topological polar surface area (TPSA) is 54.5 Å². The van der Waals surface area contributed by atoms with Crippen LogP contribution in [0.4, 0.5) is 5.82 Å². The Bertz CT molecular complexity index is 1260. The molecule has 0 atom stereocenters. The molecule has 234 valence electrons. The number of allylic oxidation sites excluding steroid dienone is 2. The Balaban J connectivity index is 0.00000207. The van der Waals surface area contributed by atoms with Crippen LogP contribution in [0, 0.1) is 18.3 Å². The number of aromatic nitrogens is 1. The number of anilines is 1. The number of hydrogen-bond donors (Lipinski definition) is 1. The minimum atomic E-state index is 0.228. The highest BCUT2D eigenvalue weighted by atomic mass is 15.2. The maximum Gasteiger partial charge on any atom is 0.133 e. The van der Waals surface area contributed by atoms with E-state index in [0.717, 1.165) is 29.9 Å². The molecule has 4 saturated carbocycles. The smallest absolute Gasteiger partial charge is 0.133 e. The van der Waals surface area contributed by atoms with Crippen molar-refractivity contribution < 1.29 is 0 Å². The van der Waals surface area contributed by atoms with Crippen LogP contribution in [0.5, 0.6) is 0 Å². The highest BCUT2D eigenvalue weighted by Gasteiger charge is 2.50. The second-order valence-corrected chi connectivity index (χ2v) is 13.6. The molecule has 2 N–H and O–H groups in total. The molecule has 4 fully saturated rings. The standard InChI is InChI=1S/C37H52N4.C2H6/c1-6-30-12-13-34(22-28(30)4)37-18-15-36(16-19-37,17-20-37)26-41(29(5)31-10-8-7-9-11-31)35-23-32(14-21-39-35)33(24-38)25-40-27(2)3;1-2/h12-14,21-25,27,31H,5-11,15-20,26,38H2,1-4H3;1-2H3/b33-24+,40-25?;. The Morgan fingerprint density at radius 2 is 1.72 bits per heavy atom. The molecule has 0 spiro atoms. The predicted molar refractivity (Wildman–Crippen MR) is 187 cm³/mol. The fourth-order valence-electron chi connectivity index (χ4n) is 7.87. The van der Waals surface area contributed by atoms with Gasteiger partial charge in [0, 0.05) is 42.5 Å². The largest absolute Gasteiger partial charge is 0.404 e. The van der Waals surface area contributed by atoms with Gasteiger partial charge >= 0.3 is 0 Å². The number of nitrogens with two attached hydrogens (primary N) is 1. The third-order valence-corrected chi connectivity index (χ3v) is 10.7. The summed E-state index contributed by atoms with van der Waals surface area (Å²) in [6, 6.07) is 11.8. The summed E-state index contributed by atoms with van der Waals surface area (Å²) in [4.78, 5) is 12.1. The zero-order chi connectivity index (χ0) is 31.0. The summed E-state index contributed by atoms with van der Waals surface area (Å²) in [7, 11) is 0. The van der Waals surface area contributed by atoms with E-state index >= 15 is 0 Å². The van der Waals surface area contributed by atoms with Gasteiger partial charge in [0.05, 0.1) is 0 Å². The van der Waals surface area contributed by atoms with Gasteiger partial charge in [0.2, 0.25) is 0 Å². The van der Waals surface area contributed by atoms with Crippen molar-refractivity contribution in [2.45, 2.75) is 130 Å². The van der Waals surface area contributed by atoms with Crippen LogP contribution in [-0.2, 0) is 11.8 Å². The van der Waals surface area contributed by atoms with Gasteiger partial charge in [0.1, 0.15) is 5.82 Å². The summed E-state index contributed by atoms with van der Waals surface area (Å²) in [6.07, 6.45) is 20.8. The van der Waals surface area contributed by atoms with Crippen molar-refractivity contribution in [3.63, 3.8) is 0 Å². The van der Waals surface area contributed by atoms with Crippen molar-refractivity contribution in [3.8, 4) is 0 Å². The SMILES string of the molecule is C=C(C1CCCCC1)N(CC12CCC(c3ccc(CC)c(C)c3)(CC1)CC2)c1cc(/C(C=NC(C)C)=C/N)ccn1.CC. The average Bonchev–Trinajstić information content (AvgIpc) is 3.06. The fourth-order valence-corrected chi connectivity index (χ4v) is 7.87. The Hall–Kier alpha value is -2.88. The minimum Gasteiger partial charge on any atom is -0.404 e. The number of rotatable bonds is 10. The lowest BCUT2D eigenvalue weighted by Gasteiger charge is -2.55. The van der Waals surface area contributed by atoms with Gasteiger partial charge in [-0.05, 0) is 130 Å². The van der Waals surface area contributed by atoms with Gasteiger partial charge in [-0.25, -0.2) is 4.98 Å². The van der Waals surface area contributed by atoms with E-state index in [0.29, 0.717) is 16.7 Å². The molecule has 1 aromatic heterocycles. The van der Waals surface area contributed by atoms with Crippen LogP contribution in [0.15, 0.2) is 60.0 Å². The number of nitrogens with zero attached hydrogens (tertiary/aromatic N) is 3. The van der Waals surface area contributed by atoms with Crippen molar-refractivity contribution in [3.05, 3.63) is 77.3 Å². The molecule has 0 radical (unpaired) electrons. The zero-order valence-corrected chi connectivity index (χ0v) is 28.1. The number of pyridine rings is 1. The van der Waals surface area contributed by atoms with Gasteiger partial charge < -0.3 is 10.6 Å². The Morgan fingerprint density at radius 1 is 1.05 bits per heavy atom. The second kappa shape index (κ2) is 14.7. The molecule has 2 bridgehead atoms. The normalized spacial score (nSPS) is 24.2. The van der Waals surface area contributed by atoms with Crippen LogP contribution in [0.1, 0.15) is 128 Å². The molecule has 0 amide bonds. The average molecular weight is 583 g/mol. The number of fused-ring (bicyclic) bond motifs is 3. The first-order valence-electron chi connectivity index (χ1n) is 17.3.